The first-order chi connectivity index (χ1) is 8.04. The Bertz CT molecular complexity index is 311. The molecule has 4 atom stereocenters. The molecule has 4 nitrogen and oxygen atoms in total. The first-order valence-electron chi connectivity index (χ1n) is 6.08. The minimum atomic E-state index is -0.483. The van der Waals surface area contributed by atoms with Gasteiger partial charge in [0.2, 0.25) is 0 Å². The summed E-state index contributed by atoms with van der Waals surface area (Å²) in [7, 11) is 0. The van der Waals surface area contributed by atoms with Crippen LogP contribution in [0.1, 0.15) is 33.6 Å². The van der Waals surface area contributed by atoms with E-state index in [4.69, 9.17) is 9.47 Å². The molecule has 0 saturated carbocycles. The molecule has 0 bridgehead atoms. The van der Waals surface area contributed by atoms with Crippen molar-refractivity contribution in [1.29, 1.82) is 0 Å². The third-order valence-corrected chi connectivity index (χ3v) is 3.34. The zero-order valence-electron chi connectivity index (χ0n) is 10.6. The van der Waals surface area contributed by atoms with Crippen molar-refractivity contribution < 1.29 is 19.1 Å². The molecule has 0 aromatic rings. The van der Waals surface area contributed by atoms with Gasteiger partial charge in [0.05, 0.1) is 5.92 Å². The molecule has 0 aliphatic carbocycles. The number of rotatable bonds is 5. The van der Waals surface area contributed by atoms with E-state index in [1.807, 2.05) is 13.8 Å². The van der Waals surface area contributed by atoms with Gasteiger partial charge in [-0.25, -0.2) is 4.79 Å². The third-order valence-electron chi connectivity index (χ3n) is 3.34. The van der Waals surface area contributed by atoms with Crippen molar-refractivity contribution in [2.75, 3.05) is 0 Å². The average molecular weight is 240 g/mol. The summed E-state index contributed by atoms with van der Waals surface area (Å²) >= 11 is 0. The van der Waals surface area contributed by atoms with Crippen LogP contribution in [0, 0.1) is 11.8 Å². The van der Waals surface area contributed by atoms with Gasteiger partial charge >= 0.3 is 11.9 Å². The third kappa shape index (κ3) is 2.87. The van der Waals surface area contributed by atoms with E-state index in [-0.39, 0.29) is 23.9 Å². The normalized spacial score (nSPS) is 29.6. The number of ether oxygens (including phenoxy) is 2. The van der Waals surface area contributed by atoms with Crippen molar-refractivity contribution in [2.24, 2.45) is 11.8 Å². The highest BCUT2D eigenvalue weighted by molar-refractivity contribution is 5.81. The van der Waals surface area contributed by atoms with Crippen molar-refractivity contribution in [3.8, 4) is 0 Å². The van der Waals surface area contributed by atoms with Crippen molar-refractivity contribution >= 4 is 11.9 Å². The van der Waals surface area contributed by atoms with Crippen LogP contribution in [0.2, 0.25) is 0 Å². The average Bonchev–Trinajstić information content (AvgIpc) is 2.64. The standard InChI is InChI=1S/C13H20O4/c1-5-9-10(6-2)13(15)17-12(9)8(4)16-11(14)7-3/h7-10,12H,3,5-6H2,1-2,4H3. The van der Waals surface area contributed by atoms with Crippen LogP contribution in [0.15, 0.2) is 12.7 Å². The van der Waals surface area contributed by atoms with Crippen LogP contribution in [0.25, 0.3) is 0 Å². The van der Waals surface area contributed by atoms with Gasteiger partial charge in [0, 0.05) is 12.0 Å². The smallest absolute Gasteiger partial charge is 0.330 e. The van der Waals surface area contributed by atoms with Crippen molar-refractivity contribution in [1.82, 2.24) is 0 Å². The molecule has 1 aliphatic heterocycles. The number of carbonyl (C=O) groups is 2. The molecule has 1 fully saturated rings. The molecular formula is C13H20O4. The Labute approximate surface area is 102 Å². The summed E-state index contributed by atoms with van der Waals surface area (Å²) in [5.74, 6) is -0.607. The lowest BCUT2D eigenvalue weighted by molar-refractivity contribution is -0.158. The van der Waals surface area contributed by atoms with E-state index in [1.54, 1.807) is 6.92 Å². The predicted molar refractivity (Wildman–Crippen MR) is 63.2 cm³/mol. The molecular weight excluding hydrogens is 220 g/mol. The highest BCUT2D eigenvalue weighted by Gasteiger charge is 2.45. The Morgan fingerprint density at radius 1 is 1.53 bits per heavy atom. The number of carbonyl (C=O) groups excluding carboxylic acids is 2. The molecule has 0 spiro atoms. The maximum atomic E-state index is 11.7. The van der Waals surface area contributed by atoms with E-state index in [9.17, 15) is 9.59 Å². The van der Waals surface area contributed by atoms with Crippen LogP contribution < -0.4 is 0 Å². The predicted octanol–water partition coefficient (Wildman–Crippen LogP) is 2.08. The second-order valence-electron chi connectivity index (χ2n) is 4.33. The van der Waals surface area contributed by atoms with Crippen LogP contribution in [-0.4, -0.2) is 24.1 Å². The van der Waals surface area contributed by atoms with Gasteiger partial charge in [0.15, 0.2) is 0 Å². The zero-order chi connectivity index (χ0) is 13.0. The summed E-state index contributed by atoms with van der Waals surface area (Å²) in [4.78, 5) is 22.8. The fourth-order valence-corrected chi connectivity index (χ4v) is 2.44. The summed E-state index contributed by atoms with van der Waals surface area (Å²) in [6, 6.07) is 0. The highest BCUT2D eigenvalue weighted by Crippen LogP contribution is 2.35. The minimum absolute atomic E-state index is 0.0742. The fraction of sp³-hybridized carbons (Fsp3) is 0.692. The van der Waals surface area contributed by atoms with Gasteiger partial charge in [0.1, 0.15) is 12.2 Å². The largest absolute Gasteiger partial charge is 0.458 e. The zero-order valence-corrected chi connectivity index (χ0v) is 10.6. The minimum Gasteiger partial charge on any atom is -0.458 e. The van der Waals surface area contributed by atoms with Gasteiger partial charge < -0.3 is 9.47 Å². The van der Waals surface area contributed by atoms with E-state index >= 15 is 0 Å². The van der Waals surface area contributed by atoms with E-state index in [2.05, 4.69) is 6.58 Å². The lowest BCUT2D eigenvalue weighted by Crippen LogP contribution is -2.33. The van der Waals surface area contributed by atoms with Gasteiger partial charge in [-0.3, -0.25) is 4.79 Å². The lowest BCUT2D eigenvalue weighted by atomic mass is 9.85. The van der Waals surface area contributed by atoms with Gasteiger partial charge in [-0.2, -0.15) is 0 Å². The van der Waals surface area contributed by atoms with Crippen LogP contribution in [-0.2, 0) is 19.1 Å². The summed E-state index contributed by atoms with van der Waals surface area (Å²) in [5.41, 5.74) is 0. The Morgan fingerprint density at radius 3 is 2.65 bits per heavy atom. The Morgan fingerprint density at radius 2 is 2.18 bits per heavy atom. The van der Waals surface area contributed by atoms with Gasteiger partial charge in [-0.15, -0.1) is 0 Å². The van der Waals surface area contributed by atoms with Gasteiger partial charge in [-0.05, 0) is 19.8 Å². The molecule has 4 unspecified atom stereocenters. The maximum absolute atomic E-state index is 11.7. The summed E-state index contributed by atoms with van der Waals surface area (Å²) in [5, 5.41) is 0. The molecule has 0 aromatic carbocycles. The Kier molecular flexibility index (Phi) is 4.73. The fourth-order valence-electron chi connectivity index (χ4n) is 2.44. The molecule has 17 heavy (non-hydrogen) atoms. The van der Waals surface area contributed by atoms with E-state index in [1.165, 1.54) is 0 Å². The number of hydrogen-bond donors (Lipinski definition) is 0. The van der Waals surface area contributed by atoms with E-state index < -0.39 is 12.1 Å². The van der Waals surface area contributed by atoms with Gasteiger partial charge in [0.25, 0.3) is 0 Å². The summed E-state index contributed by atoms with van der Waals surface area (Å²) < 4.78 is 10.4. The van der Waals surface area contributed by atoms with Gasteiger partial charge in [-0.1, -0.05) is 20.4 Å². The second-order valence-corrected chi connectivity index (χ2v) is 4.33. The number of cyclic esters (lactones) is 1. The number of hydrogen-bond acceptors (Lipinski definition) is 4. The van der Waals surface area contributed by atoms with Crippen molar-refractivity contribution in [2.45, 2.75) is 45.8 Å². The second kappa shape index (κ2) is 5.84. The molecule has 1 aliphatic rings. The first kappa shape index (κ1) is 13.7. The monoisotopic (exact) mass is 240 g/mol. The molecule has 0 N–H and O–H groups in total. The van der Waals surface area contributed by atoms with E-state index in [0.29, 0.717) is 0 Å². The van der Waals surface area contributed by atoms with E-state index in [0.717, 1.165) is 18.9 Å². The van der Waals surface area contributed by atoms with Crippen molar-refractivity contribution in [3.05, 3.63) is 12.7 Å². The topological polar surface area (TPSA) is 52.6 Å². The molecule has 0 amide bonds. The first-order valence-corrected chi connectivity index (χ1v) is 6.08. The highest BCUT2D eigenvalue weighted by atomic mass is 16.6. The SMILES string of the molecule is C=CC(=O)OC(C)C1OC(=O)C(CC)C1CC. The Hall–Kier alpha value is -1.32. The molecule has 1 heterocycles. The summed E-state index contributed by atoms with van der Waals surface area (Å²) in [6.07, 6.45) is 1.96. The summed E-state index contributed by atoms with van der Waals surface area (Å²) in [6.45, 7) is 9.08. The van der Waals surface area contributed by atoms with Crippen LogP contribution in [0.3, 0.4) is 0 Å². The van der Waals surface area contributed by atoms with Crippen LogP contribution in [0.4, 0.5) is 0 Å². The lowest BCUT2D eigenvalue weighted by Gasteiger charge is -2.24. The molecule has 4 heteroatoms. The Balaban J connectivity index is 2.73. The quantitative estimate of drug-likeness (QED) is 0.545. The van der Waals surface area contributed by atoms with Crippen LogP contribution in [0.5, 0.6) is 0 Å². The molecule has 1 rings (SSSR count). The molecule has 96 valence electrons. The van der Waals surface area contributed by atoms with Crippen LogP contribution >= 0.6 is 0 Å². The maximum Gasteiger partial charge on any atom is 0.330 e. The molecule has 0 aromatic heterocycles. The molecule has 1 saturated heterocycles. The molecule has 0 radical (unpaired) electrons. The number of esters is 2. The van der Waals surface area contributed by atoms with Crippen molar-refractivity contribution in [3.63, 3.8) is 0 Å².